The molecule has 0 spiro atoms. The van der Waals surface area contributed by atoms with Crippen molar-refractivity contribution in [3.8, 4) is 11.3 Å². The summed E-state index contributed by atoms with van der Waals surface area (Å²) in [6.07, 6.45) is 2.05. The van der Waals surface area contributed by atoms with Gasteiger partial charge in [0.25, 0.3) is 11.8 Å². The second-order valence-corrected chi connectivity index (χ2v) is 11.8. The third-order valence-corrected chi connectivity index (χ3v) is 8.51. The first-order valence-electron chi connectivity index (χ1n) is 16.1. The van der Waals surface area contributed by atoms with Crippen molar-refractivity contribution in [2.45, 2.75) is 58.5 Å². The highest BCUT2D eigenvalue weighted by Gasteiger charge is 2.26. The lowest BCUT2D eigenvalue weighted by atomic mass is 9.98. The number of rotatable bonds is 4. The van der Waals surface area contributed by atoms with Crippen LogP contribution in [0.1, 0.15) is 66.9 Å². The molecular weight excluding hydrogens is 602 g/mol. The predicted molar refractivity (Wildman–Crippen MR) is 176 cm³/mol. The van der Waals surface area contributed by atoms with Gasteiger partial charge in [0.15, 0.2) is 0 Å². The molecular formula is C34H41N7O6. The van der Waals surface area contributed by atoms with Crippen LogP contribution in [0.15, 0.2) is 63.9 Å². The van der Waals surface area contributed by atoms with Gasteiger partial charge in [-0.1, -0.05) is 55.8 Å². The standard InChI is InChI=1S/C34H41N7O6/c1-3-22(2)30-32(44)36-16-9-19-41-27-20-24(13-14-25(27)37-34(41)46)31(43)35-15-8-18-40(17-7-12-29(42)38-30)33(45)28-21-26(39-47-28)23-10-5-4-6-11-23/h4-6,10-11,13-14,20-22,30H,3,7-9,12,15-19H2,1-2H3,(H,35,43)(H,36,44)(H,37,46)(H,38,42)/t22-,30-/m0/s1. The van der Waals surface area contributed by atoms with E-state index in [1.54, 1.807) is 33.7 Å². The van der Waals surface area contributed by atoms with E-state index in [2.05, 4.69) is 26.1 Å². The van der Waals surface area contributed by atoms with Crippen LogP contribution in [0.5, 0.6) is 0 Å². The van der Waals surface area contributed by atoms with Gasteiger partial charge in [-0.3, -0.25) is 23.7 Å². The summed E-state index contributed by atoms with van der Waals surface area (Å²) < 4.78 is 6.97. The van der Waals surface area contributed by atoms with Crippen molar-refractivity contribution < 1.29 is 23.7 Å². The molecule has 1 aliphatic heterocycles. The molecule has 0 aliphatic carbocycles. The fourth-order valence-electron chi connectivity index (χ4n) is 5.62. The summed E-state index contributed by atoms with van der Waals surface area (Å²) >= 11 is 0. The SMILES string of the molecule is CC[C@H](C)[C@@H]1NC(=O)CCCN(C(=O)c2cc(-c3ccccc3)no2)CCCNC(=O)c2ccc3[nH]c(=O)n(c3c2)CCCNC1=O. The average Bonchev–Trinajstić information content (AvgIpc) is 3.70. The minimum absolute atomic E-state index is 0.0715. The summed E-state index contributed by atoms with van der Waals surface area (Å²) in [7, 11) is 0. The lowest BCUT2D eigenvalue weighted by Gasteiger charge is -2.24. The Morgan fingerprint density at radius 2 is 1.68 bits per heavy atom. The first-order chi connectivity index (χ1) is 22.7. The molecule has 5 rings (SSSR count). The maximum Gasteiger partial charge on any atom is 0.326 e. The number of hydrogen-bond acceptors (Lipinski definition) is 7. The van der Waals surface area contributed by atoms with Crippen LogP contribution >= 0.6 is 0 Å². The van der Waals surface area contributed by atoms with Crippen molar-refractivity contribution in [2.24, 2.45) is 5.92 Å². The molecule has 13 nitrogen and oxygen atoms in total. The first kappa shape index (κ1) is 33.2. The molecule has 0 radical (unpaired) electrons. The van der Waals surface area contributed by atoms with Gasteiger partial charge in [-0.25, -0.2) is 4.79 Å². The Balaban J connectivity index is 1.35. The lowest BCUT2D eigenvalue weighted by Crippen LogP contribution is -2.50. The van der Waals surface area contributed by atoms with Gasteiger partial charge in [-0.15, -0.1) is 0 Å². The fraction of sp³-hybridized carbons (Fsp3) is 0.412. The third kappa shape index (κ3) is 8.15. The zero-order chi connectivity index (χ0) is 33.3. The maximum atomic E-state index is 13.6. The van der Waals surface area contributed by atoms with Crippen LogP contribution in [0.25, 0.3) is 22.3 Å². The van der Waals surface area contributed by atoms with Crippen LogP contribution in [0, 0.1) is 5.92 Å². The predicted octanol–water partition coefficient (Wildman–Crippen LogP) is 3.08. The number of nitrogens with zero attached hydrogens (tertiary/aromatic N) is 3. The number of fused-ring (bicyclic) bond motifs is 1. The molecule has 4 N–H and O–H groups in total. The molecule has 0 saturated heterocycles. The summed E-state index contributed by atoms with van der Waals surface area (Å²) in [6, 6.07) is 15.3. The molecule has 2 aromatic carbocycles. The van der Waals surface area contributed by atoms with Crippen LogP contribution in [0.4, 0.5) is 0 Å². The third-order valence-electron chi connectivity index (χ3n) is 8.51. The van der Waals surface area contributed by atoms with E-state index >= 15 is 0 Å². The zero-order valence-electron chi connectivity index (χ0n) is 26.7. The molecule has 1 aliphatic rings. The van der Waals surface area contributed by atoms with Gasteiger partial charge in [0, 0.05) is 56.3 Å². The van der Waals surface area contributed by atoms with Gasteiger partial charge in [-0.2, -0.15) is 0 Å². The van der Waals surface area contributed by atoms with E-state index in [4.69, 9.17) is 4.52 Å². The number of imidazole rings is 1. The van der Waals surface area contributed by atoms with Crippen molar-refractivity contribution in [3.05, 3.63) is 76.4 Å². The summed E-state index contributed by atoms with van der Waals surface area (Å²) in [4.78, 5) is 69.8. The van der Waals surface area contributed by atoms with Crippen molar-refractivity contribution >= 4 is 34.7 Å². The zero-order valence-corrected chi connectivity index (χ0v) is 26.7. The molecule has 4 aromatic rings. The smallest absolute Gasteiger partial charge is 0.326 e. The number of aromatic nitrogens is 3. The second kappa shape index (κ2) is 15.4. The maximum absolute atomic E-state index is 13.6. The van der Waals surface area contributed by atoms with Gasteiger partial charge < -0.3 is 30.4 Å². The van der Waals surface area contributed by atoms with Crippen LogP contribution < -0.4 is 21.6 Å². The molecule has 4 amide bonds. The second-order valence-electron chi connectivity index (χ2n) is 11.8. The summed E-state index contributed by atoms with van der Waals surface area (Å²) in [6.45, 7) is 5.32. The van der Waals surface area contributed by atoms with Crippen molar-refractivity contribution in [1.29, 1.82) is 0 Å². The topological polar surface area (TPSA) is 171 Å². The van der Waals surface area contributed by atoms with Crippen molar-refractivity contribution in [2.75, 3.05) is 26.2 Å². The van der Waals surface area contributed by atoms with Crippen LogP contribution in [0.2, 0.25) is 0 Å². The molecule has 248 valence electrons. The minimum Gasteiger partial charge on any atom is -0.354 e. The number of H-pyrrole nitrogens is 1. The molecule has 2 atom stereocenters. The van der Waals surface area contributed by atoms with Gasteiger partial charge in [0.05, 0.1) is 11.0 Å². The molecule has 2 bridgehead atoms. The van der Waals surface area contributed by atoms with Crippen LogP contribution in [0.3, 0.4) is 0 Å². The number of amides is 4. The number of carbonyl (C=O) groups excluding carboxylic acids is 4. The number of hydrogen-bond donors (Lipinski definition) is 4. The number of nitrogens with one attached hydrogen (secondary N) is 4. The van der Waals surface area contributed by atoms with Crippen LogP contribution in [-0.2, 0) is 16.1 Å². The van der Waals surface area contributed by atoms with E-state index in [9.17, 15) is 24.0 Å². The minimum atomic E-state index is -0.722. The van der Waals surface area contributed by atoms with Crippen molar-refractivity contribution in [3.63, 3.8) is 0 Å². The summed E-state index contributed by atoms with van der Waals surface area (Å²) in [5, 5.41) is 12.7. The summed E-state index contributed by atoms with van der Waals surface area (Å²) in [5.74, 6) is -1.30. The molecule has 2 aromatic heterocycles. The molecule has 0 unspecified atom stereocenters. The fourth-order valence-corrected chi connectivity index (χ4v) is 5.62. The Morgan fingerprint density at radius 3 is 2.47 bits per heavy atom. The average molecular weight is 644 g/mol. The Bertz CT molecular complexity index is 1780. The Morgan fingerprint density at radius 1 is 0.936 bits per heavy atom. The molecule has 0 saturated carbocycles. The number of benzene rings is 2. The Labute approximate surface area is 272 Å². The van der Waals surface area contributed by atoms with E-state index in [0.717, 1.165) is 5.56 Å². The van der Waals surface area contributed by atoms with E-state index in [-0.39, 0.29) is 67.1 Å². The van der Waals surface area contributed by atoms with Crippen LogP contribution in [-0.4, -0.2) is 75.5 Å². The van der Waals surface area contributed by atoms with Gasteiger partial charge in [0.1, 0.15) is 11.7 Å². The largest absolute Gasteiger partial charge is 0.354 e. The lowest BCUT2D eigenvalue weighted by molar-refractivity contribution is -0.130. The first-order valence-corrected chi connectivity index (χ1v) is 16.1. The molecule has 3 heterocycles. The van der Waals surface area contributed by atoms with E-state index in [1.165, 1.54) is 0 Å². The molecule has 47 heavy (non-hydrogen) atoms. The molecule has 13 heteroatoms. The number of aromatic amines is 1. The number of carbonyl (C=O) groups is 4. The highest BCUT2D eigenvalue weighted by molar-refractivity contribution is 5.97. The van der Waals surface area contributed by atoms with E-state index in [1.807, 2.05) is 44.2 Å². The monoisotopic (exact) mass is 643 g/mol. The van der Waals surface area contributed by atoms with Gasteiger partial charge in [0.2, 0.25) is 17.6 Å². The highest BCUT2D eigenvalue weighted by atomic mass is 16.5. The van der Waals surface area contributed by atoms with Gasteiger partial charge >= 0.3 is 5.69 Å². The summed E-state index contributed by atoms with van der Waals surface area (Å²) in [5.41, 5.74) is 2.62. The number of aryl methyl sites for hydroxylation is 1. The van der Waals surface area contributed by atoms with E-state index < -0.39 is 6.04 Å². The van der Waals surface area contributed by atoms with Gasteiger partial charge in [-0.05, 0) is 43.4 Å². The quantitative estimate of drug-likeness (QED) is 0.265. The molecule has 0 fully saturated rings. The Hall–Kier alpha value is -5.20. The van der Waals surface area contributed by atoms with E-state index in [0.29, 0.717) is 61.1 Å². The highest BCUT2D eigenvalue weighted by Crippen LogP contribution is 2.20. The van der Waals surface area contributed by atoms with Crippen molar-refractivity contribution in [1.82, 2.24) is 35.6 Å². The normalized spacial score (nSPS) is 18.2. The Kier molecular flexibility index (Phi) is 10.9.